The Bertz CT molecular complexity index is 640. The average Bonchev–Trinajstić information content (AvgIpc) is 2.39. The van der Waals surface area contributed by atoms with Gasteiger partial charge in [0, 0.05) is 16.8 Å². The number of alkyl halides is 3. The zero-order chi connectivity index (χ0) is 15.6. The lowest BCUT2D eigenvalue weighted by Crippen LogP contribution is -2.13. The molecule has 21 heavy (non-hydrogen) atoms. The summed E-state index contributed by atoms with van der Waals surface area (Å²) < 4.78 is 52.1. The van der Waals surface area contributed by atoms with Crippen LogP contribution in [0.3, 0.4) is 0 Å². The van der Waals surface area contributed by atoms with Crippen LogP contribution in [0.4, 0.5) is 23.2 Å². The van der Waals surface area contributed by atoms with Crippen LogP contribution in [-0.4, -0.2) is 0 Å². The van der Waals surface area contributed by atoms with E-state index in [1.54, 1.807) is 13.0 Å². The summed E-state index contributed by atoms with van der Waals surface area (Å²) in [5.41, 5.74) is -0.389. The molecule has 2 rings (SSSR count). The molecule has 0 radical (unpaired) electrons. The molecular formula is C15H12ClF4N. The highest BCUT2D eigenvalue weighted by molar-refractivity contribution is 6.30. The fourth-order valence-corrected chi connectivity index (χ4v) is 2.14. The Morgan fingerprint density at radius 2 is 1.81 bits per heavy atom. The summed E-state index contributed by atoms with van der Waals surface area (Å²) in [6, 6.07) is 8.73. The largest absolute Gasteiger partial charge is 0.418 e. The third-order valence-electron chi connectivity index (χ3n) is 3.01. The van der Waals surface area contributed by atoms with Crippen LogP contribution < -0.4 is 5.32 Å². The fraction of sp³-hybridized carbons (Fsp3) is 0.200. The number of rotatable bonds is 3. The van der Waals surface area contributed by atoms with Crippen molar-refractivity contribution in [3.63, 3.8) is 0 Å². The molecule has 0 aromatic heterocycles. The van der Waals surface area contributed by atoms with Crippen molar-refractivity contribution in [2.45, 2.75) is 19.1 Å². The van der Waals surface area contributed by atoms with Crippen molar-refractivity contribution in [2.75, 3.05) is 5.32 Å². The third kappa shape index (κ3) is 3.88. The SMILES string of the molecule is CC(Nc1ccc(Cl)cc1C(F)(F)F)c1cccc(F)c1. The van der Waals surface area contributed by atoms with Crippen LogP contribution in [-0.2, 0) is 6.18 Å². The number of hydrogen-bond acceptors (Lipinski definition) is 1. The standard InChI is InChI=1S/C15H12ClF4N/c1-9(10-3-2-4-12(17)7-10)21-14-6-5-11(16)8-13(14)15(18,19)20/h2-9,21H,1H3. The van der Waals surface area contributed by atoms with Crippen molar-refractivity contribution in [2.24, 2.45) is 0 Å². The van der Waals surface area contributed by atoms with Crippen LogP contribution in [0.5, 0.6) is 0 Å². The number of nitrogens with one attached hydrogen (secondary N) is 1. The second kappa shape index (κ2) is 5.93. The molecule has 0 aliphatic rings. The molecule has 2 aromatic carbocycles. The highest BCUT2D eigenvalue weighted by atomic mass is 35.5. The smallest absolute Gasteiger partial charge is 0.378 e. The summed E-state index contributed by atoms with van der Waals surface area (Å²) in [6.07, 6.45) is -4.52. The maximum Gasteiger partial charge on any atom is 0.418 e. The van der Waals surface area contributed by atoms with Crippen LogP contribution >= 0.6 is 11.6 Å². The van der Waals surface area contributed by atoms with Gasteiger partial charge in [-0.1, -0.05) is 23.7 Å². The average molecular weight is 318 g/mol. The normalized spacial score (nSPS) is 13.0. The Hall–Kier alpha value is -1.75. The maximum atomic E-state index is 13.2. The van der Waals surface area contributed by atoms with Crippen molar-refractivity contribution < 1.29 is 17.6 Å². The topological polar surface area (TPSA) is 12.0 Å². The molecule has 1 N–H and O–H groups in total. The Morgan fingerprint density at radius 3 is 2.43 bits per heavy atom. The van der Waals surface area contributed by atoms with Crippen molar-refractivity contribution in [1.29, 1.82) is 0 Å². The number of hydrogen-bond donors (Lipinski definition) is 1. The van der Waals surface area contributed by atoms with Crippen LogP contribution in [0, 0.1) is 5.82 Å². The van der Waals surface area contributed by atoms with Crippen LogP contribution in [0.2, 0.25) is 5.02 Å². The Balaban J connectivity index is 2.31. The van der Waals surface area contributed by atoms with Crippen LogP contribution in [0.15, 0.2) is 42.5 Å². The van der Waals surface area contributed by atoms with Gasteiger partial charge in [-0.15, -0.1) is 0 Å². The molecule has 0 saturated heterocycles. The minimum atomic E-state index is -4.52. The summed E-state index contributed by atoms with van der Waals surface area (Å²) in [5, 5.41) is 2.75. The van der Waals surface area contributed by atoms with E-state index in [-0.39, 0.29) is 10.7 Å². The Kier molecular flexibility index (Phi) is 4.42. The molecule has 1 nitrogen and oxygen atoms in total. The third-order valence-corrected chi connectivity index (χ3v) is 3.24. The molecule has 0 heterocycles. The van der Waals surface area contributed by atoms with E-state index >= 15 is 0 Å². The van der Waals surface area contributed by atoms with E-state index in [4.69, 9.17) is 11.6 Å². The molecule has 112 valence electrons. The summed E-state index contributed by atoms with van der Waals surface area (Å²) in [5.74, 6) is -0.437. The summed E-state index contributed by atoms with van der Waals surface area (Å²) in [4.78, 5) is 0. The molecule has 1 atom stereocenters. The highest BCUT2D eigenvalue weighted by Gasteiger charge is 2.34. The van der Waals surface area contributed by atoms with E-state index in [1.165, 1.54) is 30.3 Å². The molecule has 1 unspecified atom stereocenters. The predicted molar refractivity (Wildman–Crippen MR) is 74.9 cm³/mol. The maximum absolute atomic E-state index is 13.2. The molecule has 0 aliphatic heterocycles. The van der Waals surface area contributed by atoms with E-state index in [9.17, 15) is 17.6 Å². The van der Waals surface area contributed by atoms with Gasteiger partial charge in [0.15, 0.2) is 0 Å². The van der Waals surface area contributed by atoms with E-state index in [2.05, 4.69) is 5.32 Å². The van der Waals surface area contributed by atoms with Crippen molar-refractivity contribution >= 4 is 17.3 Å². The molecule has 0 bridgehead atoms. The van der Waals surface area contributed by atoms with Crippen LogP contribution in [0.1, 0.15) is 24.1 Å². The molecular weight excluding hydrogens is 306 g/mol. The van der Waals surface area contributed by atoms with Crippen LogP contribution in [0.25, 0.3) is 0 Å². The van der Waals surface area contributed by atoms with Gasteiger partial charge in [-0.3, -0.25) is 0 Å². The van der Waals surface area contributed by atoms with Gasteiger partial charge in [0.1, 0.15) is 5.82 Å². The molecule has 0 saturated carbocycles. The lowest BCUT2D eigenvalue weighted by atomic mass is 10.1. The first kappa shape index (κ1) is 15.6. The second-order valence-corrected chi connectivity index (χ2v) is 5.05. The lowest BCUT2D eigenvalue weighted by molar-refractivity contribution is -0.137. The molecule has 0 fully saturated rings. The zero-order valence-corrected chi connectivity index (χ0v) is 11.8. The van der Waals surface area contributed by atoms with Gasteiger partial charge >= 0.3 is 6.18 Å². The van der Waals surface area contributed by atoms with E-state index < -0.39 is 23.6 Å². The summed E-state index contributed by atoms with van der Waals surface area (Å²) >= 11 is 5.62. The van der Waals surface area contributed by atoms with E-state index in [1.807, 2.05) is 0 Å². The first-order valence-corrected chi connectivity index (χ1v) is 6.54. The first-order chi connectivity index (χ1) is 9.77. The van der Waals surface area contributed by atoms with E-state index in [0.29, 0.717) is 5.56 Å². The number of halogens is 5. The van der Waals surface area contributed by atoms with Gasteiger partial charge in [-0.05, 0) is 42.8 Å². The predicted octanol–water partition coefficient (Wildman–Crippen LogP) is 5.67. The molecule has 6 heteroatoms. The first-order valence-electron chi connectivity index (χ1n) is 6.16. The van der Waals surface area contributed by atoms with Gasteiger partial charge < -0.3 is 5.32 Å². The van der Waals surface area contributed by atoms with E-state index in [0.717, 1.165) is 6.07 Å². The molecule has 2 aromatic rings. The zero-order valence-electron chi connectivity index (χ0n) is 11.0. The van der Waals surface area contributed by atoms with Crippen molar-refractivity contribution in [1.82, 2.24) is 0 Å². The quantitative estimate of drug-likeness (QED) is 0.719. The number of benzene rings is 2. The van der Waals surface area contributed by atoms with Crippen molar-refractivity contribution in [3.05, 3.63) is 64.4 Å². The summed E-state index contributed by atoms with van der Waals surface area (Å²) in [7, 11) is 0. The monoisotopic (exact) mass is 317 g/mol. The lowest BCUT2D eigenvalue weighted by Gasteiger charge is -2.20. The summed E-state index contributed by atoms with van der Waals surface area (Å²) in [6.45, 7) is 1.66. The van der Waals surface area contributed by atoms with Gasteiger partial charge in [-0.2, -0.15) is 13.2 Å². The van der Waals surface area contributed by atoms with Gasteiger partial charge in [0.25, 0.3) is 0 Å². The molecule has 0 spiro atoms. The minimum Gasteiger partial charge on any atom is -0.378 e. The number of anilines is 1. The second-order valence-electron chi connectivity index (χ2n) is 4.61. The fourth-order valence-electron chi connectivity index (χ4n) is 1.97. The van der Waals surface area contributed by atoms with Gasteiger partial charge in [0.05, 0.1) is 5.56 Å². The van der Waals surface area contributed by atoms with Gasteiger partial charge in [0.2, 0.25) is 0 Å². The highest BCUT2D eigenvalue weighted by Crippen LogP contribution is 2.37. The Morgan fingerprint density at radius 1 is 1.10 bits per heavy atom. The van der Waals surface area contributed by atoms with Gasteiger partial charge in [-0.25, -0.2) is 4.39 Å². The molecule has 0 amide bonds. The minimum absolute atomic E-state index is 0.00582. The Labute approximate surface area is 124 Å². The van der Waals surface area contributed by atoms with Crippen molar-refractivity contribution in [3.8, 4) is 0 Å². The molecule has 0 aliphatic carbocycles.